The molecule has 20 heavy (non-hydrogen) atoms. The molecule has 0 radical (unpaired) electrons. The quantitative estimate of drug-likeness (QED) is 0.160. The SMILES string of the molecule is CCCCCCCCCCCCN(CC)C(Cl)=[N+](C)C. The third kappa shape index (κ3) is 10.5. The highest BCUT2D eigenvalue weighted by Gasteiger charge is 2.14. The number of unbranched alkanes of at least 4 members (excludes halogenated alkanes) is 9. The van der Waals surface area contributed by atoms with Gasteiger partial charge in [-0.15, -0.1) is 0 Å². The van der Waals surface area contributed by atoms with Crippen molar-refractivity contribution in [3.63, 3.8) is 0 Å². The standard InChI is InChI=1S/C17H36ClN2/c1-5-7-8-9-10-11-12-13-14-15-16-20(6-2)17(18)19(3)4/h5-16H2,1-4H3/q+1. The number of halogens is 1. The number of hydrogen-bond acceptors (Lipinski definition) is 0. The Balaban J connectivity index is 3.45. The van der Waals surface area contributed by atoms with Crippen LogP contribution in [0.5, 0.6) is 0 Å². The number of amidine groups is 1. The van der Waals surface area contributed by atoms with E-state index in [4.69, 9.17) is 11.6 Å². The molecule has 0 saturated carbocycles. The van der Waals surface area contributed by atoms with Gasteiger partial charge in [0, 0.05) is 11.6 Å². The minimum absolute atomic E-state index is 0.864. The van der Waals surface area contributed by atoms with Crippen molar-refractivity contribution in [3.8, 4) is 0 Å². The van der Waals surface area contributed by atoms with Gasteiger partial charge in [-0.1, -0.05) is 58.3 Å². The summed E-state index contributed by atoms with van der Waals surface area (Å²) in [6.07, 6.45) is 13.9. The van der Waals surface area contributed by atoms with E-state index in [2.05, 4.69) is 18.7 Å². The summed E-state index contributed by atoms with van der Waals surface area (Å²) in [6.45, 7) is 6.53. The fraction of sp³-hybridized carbons (Fsp3) is 0.941. The Morgan fingerprint density at radius 1 is 0.800 bits per heavy atom. The Hall–Kier alpha value is -0.240. The van der Waals surface area contributed by atoms with E-state index >= 15 is 0 Å². The van der Waals surface area contributed by atoms with Gasteiger partial charge in [-0.3, -0.25) is 9.48 Å². The van der Waals surface area contributed by atoms with Crippen LogP contribution in [0.25, 0.3) is 0 Å². The second kappa shape index (κ2) is 13.7. The first-order chi connectivity index (χ1) is 9.63. The normalized spacial score (nSPS) is 10.7. The summed E-state index contributed by atoms with van der Waals surface area (Å²) in [5, 5.41) is 0.864. The maximum absolute atomic E-state index is 6.27. The summed E-state index contributed by atoms with van der Waals surface area (Å²) in [5.41, 5.74) is 0. The van der Waals surface area contributed by atoms with Gasteiger partial charge in [0.2, 0.25) is 0 Å². The van der Waals surface area contributed by atoms with Crippen LogP contribution in [0.3, 0.4) is 0 Å². The van der Waals surface area contributed by atoms with Crippen molar-refractivity contribution in [2.45, 2.75) is 78.1 Å². The van der Waals surface area contributed by atoms with Crippen molar-refractivity contribution in [1.82, 2.24) is 4.90 Å². The van der Waals surface area contributed by atoms with E-state index in [0.717, 1.165) is 18.4 Å². The molecular weight excluding hydrogens is 268 g/mol. The van der Waals surface area contributed by atoms with E-state index < -0.39 is 0 Å². The minimum atomic E-state index is 0.864. The summed E-state index contributed by atoms with van der Waals surface area (Å²) in [6, 6.07) is 0. The molecule has 0 amide bonds. The minimum Gasteiger partial charge on any atom is -0.257 e. The maximum Gasteiger partial charge on any atom is 0.344 e. The van der Waals surface area contributed by atoms with Crippen LogP contribution >= 0.6 is 11.6 Å². The van der Waals surface area contributed by atoms with E-state index in [1.165, 1.54) is 64.2 Å². The molecule has 0 aliphatic rings. The molecule has 0 aromatic rings. The van der Waals surface area contributed by atoms with E-state index in [0.29, 0.717) is 0 Å². The lowest BCUT2D eigenvalue weighted by molar-refractivity contribution is -0.467. The lowest BCUT2D eigenvalue weighted by Crippen LogP contribution is -2.33. The zero-order valence-corrected chi connectivity index (χ0v) is 15.0. The number of nitrogens with zero attached hydrogens (tertiary/aromatic N) is 2. The summed E-state index contributed by atoms with van der Waals surface area (Å²) >= 11 is 6.27. The summed E-state index contributed by atoms with van der Waals surface area (Å²) in [4.78, 5) is 2.26. The third-order valence-electron chi connectivity index (χ3n) is 3.79. The zero-order valence-electron chi connectivity index (χ0n) is 14.3. The molecule has 0 fully saturated rings. The molecule has 0 saturated heterocycles. The molecule has 3 heteroatoms. The molecule has 0 aliphatic carbocycles. The summed E-state index contributed by atoms with van der Waals surface area (Å²) in [7, 11) is 4.01. The van der Waals surface area contributed by atoms with Crippen molar-refractivity contribution in [1.29, 1.82) is 0 Å². The van der Waals surface area contributed by atoms with Gasteiger partial charge >= 0.3 is 5.29 Å². The van der Waals surface area contributed by atoms with E-state index in [9.17, 15) is 0 Å². The van der Waals surface area contributed by atoms with Crippen molar-refractivity contribution in [2.75, 3.05) is 27.2 Å². The molecule has 0 aliphatic heterocycles. The van der Waals surface area contributed by atoms with Crippen molar-refractivity contribution < 1.29 is 4.58 Å². The summed E-state index contributed by atoms with van der Waals surface area (Å²) < 4.78 is 1.99. The topological polar surface area (TPSA) is 6.25 Å². The Morgan fingerprint density at radius 3 is 1.65 bits per heavy atom. The first kappa shape index (κ1) is 19.8. The number of hydrogen-bond donors (Lipinski definition) is 0. The highest BCUT2D eigenvalue weighted by molar-refractivity contribution is 6.63. The Morgan fingerprint density at radius 2 is 1.25 bits per heavy atom. The van der Waals surface area contributed by atoms with Gasteiger partial charge < -0.3 is 0 Å². The Bertz CT molecular complexity index is 247. The van der Waals surface area contributed by atoms with Gasteiger partial charge in [0.25, 0.3) is 0 Å². The molecule has 0 N–H and O–H groups in total. The van der Waals surface area contributed by atoms with Crippen LogP contribution in [0.4, 0.5) is 0 Å². The Kier molecular flexibility index (Phi) is 13.6. The average molecular weight is 304 g/mol. The predicted molar refractivity (Wildman–Crippen MR) is 92.1 cm³/mol. The van der Waals surface area contributed by atoms with Gasteiger partial charge in [-0.25, -0.2) is 0 Å². The van der Waals surface area contributed by atoms with Crippen LogP contribution < -0.4 is 0 Å². The molecule has 0 aromatic heterocycles. The van der Waals surface area contributed by atoms with Crippen LogP contribution in [0.1, 0.15) is 78.1 Å². The van der Waals surface area contributed by atoms with Crippen LogP contribution in [-0.4, -0.2) is 42.0 Å². The second-order valence-electron chi connectivity index (χ2n) is 5.93. The molecule has 0 bridgehead atoms. The first-order valence-corrected chi connectivity index (χ1v) is 8.96. The first-order valence-electron chi connectivity index (χ1n) is 8.58. The Labute approximate surface area is 132 Å². The maximum atomic E-state index is 6.27. The van der Waals surface area contributed by atoms with Crippen molar-refractivity contribution >= 4 is 16.9 Å². The van der Waals surface area contributed by atoms with Crippen LogP contribution in [0.15, 0.2) is 0 Å². The molecule has 0 unspecified atom stereocenters. The third-order valence-corrected chi connectivity index (χ3v) is 4.37. The molecule has 0 aromatic carbocycles. The molecule has 0 spiro atoms. The monoisotopic (exact) mass is 303 g/mol. The highest BCUT2D eigenvalue weighted by Crippen LogP contribution is 2.11. The fourth-order valence-electron chi connectivity index (χ4n) is 2.45. The molecule has 0 rings (SSSR count). The molecule has 2 nitrogen and oxygen atoms in total. The van der Waals surface area contributed by atoms with Crippen LogP contribution in [-0.2, 0) is 0 Å². The highest BCUT2D eigenvalue weighted by atomic mass is 35.5. The van der Waals surface area contributed by atoms with E-state index in [1.807, 2.05) is 18.7 Å². The van der Waals surface area contributed by atoms with Crippen molar-refractivity contribution in [2.24, 2.45) is 0 Å². The van der Waals surface area contributed by atoms with E-state index in [1.54, 1.807) is 0 Å². The fourth-order valence-corrected chi connectivity index (χ4v) is 2.66. The lowest BCUT2D eigenvalue weighted by atomic mass is 10.1. The number of rotatable bonds is 12. The largest absolute Gasteiger partial charge is 0.344 e. The van der Waals surface area contributed by atoms with Crippen molar-refractivity contribution in [3.05, 3.63) is 0 Å². The molecule has 0 heterocycles. The second-order valence-corrected chi connectivity index (χ2v) is 6.26. The van der Waals surface area contributed by atoms with Gasteiger partial charge in [0.1, 0.15) is 0 Å². The molecule has 120 valence electrons. The predicted octanol–water partition coefficient (Wildman–Crippen LogP) is 5.10. The molecular formula is C17H36ClN2+. The lowest BCUT2D eigenvalue weighted by Gasteiger charge is -2.14. The van der Waals surface area contributed by atoms with Gasteiger partial charge in [-0.2, -0.15) is 0 Å². The van der Waals surface area contributed by atoms with E-state index in [-0.39, 0.29) is 0 Å². The zero-order chi connectivity index (χ0) is 15.2. The van der Waals surface area contributed by atoms with Crippen LogP contribution in [0.2, 0.25) is 0 Å². The van der Waals surface area contributed by atoms with Crippen LogP contribution in [0, 0.1) is 0 Å². The smallest absolute Gasteiger partial charge is 0.257 e. The molecule has 0 atom stereocenters. The summed E-state index contributed by atoms with van der Waals surface area (Å²) in [5.74, 6) is 0. The van der Waals surface area contributed by atoms with Gasteiger partial charge in [0.15, 0.2) is 0 Å². The van der Waals surface area contributed by atoms with Gasteiger partial charge in [0.05, 0.1) is 27.2 Å². The average Bonchev–Trinajstić information content (AvgIpc) is 2.44. The van der Waals surface area contributed by atoms with Gasteiger partial charge in [-0.05, 0) is 19.8 Å².